The molecule has 0 aliphatic rings. The molecule has 1 N–H and O–H groups in total. The minimum atomic E-state index is -4.42. The van der Waals surface area contributed by atoms with Crippen molar-refractivity contribution < 1.29 is 32.2 Å². The Morgan fingerprint density at radius 1 is 1.00 bits per heavy atom. The maximum Gasteiger partial charge on any atom is 0.422 e. The van der Waals surface area contributed by atoms with Gasteiger partial charge in [0, 0.05) is 13.0 Å². The molecule has 2 aromatic carbocycles. The summed E-state index contributed by atoms with van der Waals surface area (Å²) < 4.78 is 52.4. The number of carbonyl (C=O) groups excluding carboxylic acids is 1. The normalized spacial score (nSPS) is 11.3. The van der Waals surface area contributed by atoms with Crippen molar-refractivity contribution in [2.75, 3.05) is 20.3 Å². The largest absolute Gasteiger partial charge is 0.493 e. The van der Waals surface area contributed by atoms with Gasteiger partial charge in [0.15, 0.2) is 18.1 Å². The van der Waals surface area contributed by atoms with E-state index in [0.717, 1.165) is 16.9 Å². The topological polar surface area (TPSA) is 56.8 Å². The van der Waals surface area contributed by atoms with E-state index >= 15 is 0 Å². The highest BCUT2D eigenvalue weighted by molar-refractivity contribution is 5.76. The Bertz CT molecular complexity index is 836. The third-order valence-electron chi connectivity index (χ3n) is 4.29. The predicted octanol–water partition coefficient (Wildman–Crippen LogP) is 4.72. The first-order valence-electron chi connectivity index (χ1n) is 10.0. The first kappa shape index (κ1) is 24.4. The van der Waals surface area contributed by atoms with Crippen LogP contribution in [-0.2, 0) is 17.6 Å². The molecule has 0 spiro atoms. The van der Waals surface area contributed by atoms with Gasteiger partial charge in [-0.2, -0.15) is 13.2 Å². The molecule has 31 heavy (non-hydrogen) atoms. The van der Waals surface area contributed by atoms with Gasteiger partial charge in [-0.15, -0.1) is 0 Å². The molecule has 8 heteroatoms. The molecule has 0 fully saturated rings. The second kappa shape index (κ2) is 11.5. The zero-order valence-corrected chi connectivity index (χ0v) is 17.9. The monoisotopic (exact) mass is 439 g/mol. The van der Waals surface area contributed by atoms with Crippen molar-refractivity contribution in [1.29, 1.82) is 0 Å². The van der Waals surface area contributed by atoms with E-state index in [1.54, 1.807) is 12.1 Å². The molecule has 0 radical (unpaired) electrons. The lowest BCUT2D eigenvalue weighted by Crippen LogP contribution is -2.25. The minimum absolute atomic E-state index is 0.0119. The molecule has 5 nitrogen and oxygen atoms in total. The lowest BCUT2D eigenvalue weighted by atomic mass is 10.1. The molecule has 2 aromatic rings. The summed E-state index contributed by atoms with van der Waals surface area (Å²) in [6.07, 6.45) is -2.91. The summed E-state index contributed by atoms with van der Waals surface area (Å²) in [4.78, 5) is 12.1. The fraction of sp³-hybridized carbons (Fsp3) is 0.435. The van der Waals surface area contributed by atoms with E-state index in [9.17, 15) is 18.0 Å². The van der Waals surface area contributed by atoms with Gasteiger partial charge in [0.25, 0.3) is 0 Å². The Balaban J connectivity index is 1.76. The van der Waals surface area contributed by atoms with Crippen LogP contribution in [-0.4, -0.2) is 38.4 Å². The van der Waals surface area contributed by atoms with Gasteiger partial charge in [-0.3, -0.25) is 4.79 Å². The Hall–Kier alpha value is -2.90. The fourth-order valence-corrected chi connectivity index (χ4v) is 2.85. The standard InChI is InChI=1S/C23H28F3NO4/c1-16(2)31-19-8-4-17(5-9-19)12-13-27-22(28)11-7-18-6-10-20(21(14-18)29-3)30-15-23(24,25)26/h4-6,8-10,14,16H,7,11-13,15H2,1-3H3,(H,27,28). The molecule has 0 aromatic heterocycles. The molecule has 2 rings (SSSR count). The number of methoxy groups -OCH3 is 1. The van der Waals surface area contributed by atoms with Crippen molar-refractivity contribution in [2.45, 2.75) is 45.4 Å². The lowest BCUT2D eigenvalue weighted by Gasteiger charge is -2.13. The maximum atomic E-state index is 12.3. The third-order valence-corrected chi connectivity index (χ3v) is 4.29. The quantitative estimate of drug-likeness (QED) is 0.551. The Labute approximate surface area is 180 Å². The molecule has 0 saturated carbocycles. The van der Waals surface area contributed by atoms with E-state index < -0.39 is 12.8 Å². The second-order valence-electron chi connectivity index (χ2n) is 7.30. The fourth-order valence-electron chi connectivity index (χ4n) is 2.85. The predicted molar refractivity (Wildman–Crippen MR) is 112 cm³/mol. The number of hydrogen-bond acceptors (Lipinski definition) is 4. The van der Waals surface area contributed by atoms with Gasteiger partial charge in [0.1, 0.15) is 5.75 Å². The molecule has 1 amide bonds. The molecule has 0 heterocycles. The Kier molecular flexibility index (Phi) is 9.03. The Morgan fingerprint density at radius 3 is 2.29 bits per heavy atom. The number of alkyl halides is 3. The Morgan fingerprint density at radius 2 is 1.68 bits per heavy atom. The van der Waals surface area contributed by atoms with Gasteiger partial charge >= 0.3 is 6.18 Å². The number of amides is 1. The second-order valence-corrected chi connectivity index (χ2v) is 7.30. The number of nitrogens with one attached hydrogen (secondary N) is 1. The summed E-state index contributed by atoms with van der Waals surface area (Å²) in [5.74, 6) is 0.925. The molecule has 170 valence electrons. The summed E-state index contributed by atoms with van der Waals surface area (Å²) >= 11 is 0. The molecule has 0 saturated heterocycles. The van der Waals surface area contributed by atoms with Gasteiger partial charge in [-0.1, -0.05) is 18.2 Å². The van der Waals surface area contributed by atoms with Gasteiger partial charge in [0.2, 0.25) is 5.91 Å². The van der Waals surface area contributed by atoms with Crippen molar-refractivity contribution in [3.63, 3.8) is 0 Å². The SMILES string of the molecule is COc1cc(CCC(=O)NCCc2ccc(OC(C)C)cc2)ccc1OCC(F)(F)F. The van der Waals surface area contributed by atoms with Gasteiger partial charge in [-0.05, 0) is 62.1 Å². The lowest BCUT2D eigenvalue weighted by molar-refractivity contribution is -0.153. The first-order chi connectivity index (χ1) is 14.7. The van der Waals surface area contributed by atoms with E-state index in [1.807, 2.05) is 38.1 Å². The summed E-state index contributed by atoms with van der Waals surface area (Å²) in [6, 6.07) is 12.4. The highest BCUT2D eigenvalue weighted by Gasteiger charge is 2.29. The van der Waals surface area contributed by atoms with Crippen molar-refractivity contribution in [1.82, 2.24) is 5.32 Å². The molecule has 0 unspecified atom stereocenters. The van der Waals surface area contributed by atoms with E-state index in [2.05, 4.69) is 5.32 Å². The number of ether oxygens (including phenoxy) is 3. The van der Waals surface area contributed by atoms with Crippen LogP contribution in [0.2, 0.25) is 0 Å². The minimum Gasteiger partial charge on any atom is -0.493 e. The third kappa shape index (κ3) is 9.19. The molecule has 0 atom stereocenters. The van der Waals surface area contributed by atoms with E-state index in [4.69, 9.17) is 14.2 Å². The molecular weight excluding hydrogens is 411 g/mol. The van der Waals surface area contributed by atoms with Crippen LogP contribution in [0, 0.1) is 0 Å². The average Bonchev–Trinajstić information content (AvgIpc) is 2.71. The highest BCUT2D eigenvalue weighted by atomic mass is 19.4. The number of carbonyl (C=O) groups is 1. The molecular formula is C23H28F3NO4. The van der Waals surface area contributed by atoms with Gasteiger partial charge in [-0.25, -0.2) is 0 Å². The van der Waals surface area contributed by atoms with Crippen molar-refractivity contribution in [3.05, 3.63) is 53.6 Å². The highest BCUT2D eigenvalue weighted by Crippen LogP contribution is 2.30. The zero-order chi connectivity index (χ0) is 22.9. The summed E-state index contributed by atoms with van der Waals surface area (Å²) in [7, 11) is 1.35. The van der Waals surface area contributed by atoms with Crippen LogP contribution >= 0.6 is 0 Å². The van der Waals surface area contributed by atoms with Gasteiger partial charge in [0.05, 0.1) is 13.2 Å². The number of hydrogen-bond donors (Lipinski definition) is 1. The van der Waals surface area contributed by atoms with E-state index in [1.165, 1.54) is 13.2 Å². The van der Waals surface area contributed by atoms with Gasteiger partial charge < -0.3 is 19.5 Å². The molecule has 0 bridgehead atoms. The van der Waals surface area contributed by atoms with Crippen LogP contribution in [0.5, 0.6) is 17.2 Å². The van der Waals surface area contributed by atoms with Crippen molar-refractivity contribution in [2.24, 2.45) is 0 Å². The summed E-state index contributed by atoms with van der Waals surface area (Å²) in [6.45, 7) is 3.06. The van der Waals surface area contributed by atoms with Crippen LogP contribution < -0.4 is 19.5 Å². The van der Waals surface area contributed by atoms with Crippen LogP contribution in [0.3, 0.4) is 0 Å². The van der Waals surface area contributed by atoms with Crippen LogP contribution in [0.15, 0.2) is 42.5 Å². The zero-order valence-electron chi connectivity index (χ0n) is 17.9. The van der Waals surface area contributed by atoms with Crippen molar-refractivity contribution >= 4 is 5.91 Å². The average molecular weight is 439 g/mol. The maximum absolute atomic E-state index is 12.3. The molecule has 0 aliphatic carbocycles. The number of aryl methyl sites for hydroxylation is 1. The van der Waals surface area contributed by atoms with E-state index in [-0.39, 0.29) is 29.9 Å². The first-order valence-corrected chi connectivity index (χ1v) is 10.0. The number of benzene rings is 2. The van der Waals surface area contributed by atoms with Crippen molar-refractivity contribution in [3.8, 4) is 17.2 Å². The number of halogens is 3. The van der Waals surface area contributed by atoms with E-state index in [0.29, 0.717) is 19.4 Å². The van der Waals surface area contributed by atoms with Crippen LogP contribution in [0.1, 0.15) is 31.4 Å². The summed E-state index contributed by atoms with van der Waals surface area (Å²) in [5, 5.41) is 2.87. The smallest absolute Gasteiger partial charge is 0.422 e. The van der Waals surface area contributed by atoms with Crippen LogP contribution in [0.4, 0.5) is 13.2 Å². The number of rotatable bonds is 11. The summed E-state index contributed by atoms with van der Waals surface area (Å²) in [5.41, 5.74) is 1.86. The molecule has 0 aliphatic heterocycles. The van der Waals surface area contributed by atoms with Crippen LogP contribution in [0.25, 0.3) is 0 Å².